The van der Waals surface area contributed by atoms with Crippen LogP contribution in [0, 0.1) is 0 Å². The van der Waals surface area contributed by atoms with E-state index in [-0.39, 0.29) is 0 Å². The van der Waals surface area contributed by atoms with Gasteiger partial charge in [-0.3, -0.25) is 0 Å². The molecule has 0 saturated heterocycles. The predicted octanol–water partition coefficient (Wildman–Crippen LogP) is 1.13. The van der Waals surface area contributed by atoms with Crippen LogP contribution in [0.5, 0.6) is 11.5 Å². The van der Waals surface area contributed by atoms with Gasteiger partial charge in [-0.25, -0.2) is 0 Å². The second kappa shape index (κ2) is 3.03. The number of benzene rings is 1. The zero-order chi connectivity index (χ0) is 8.39. The minimum absolute atomic E-state index is 0.791. The molecule has 3 heteroatoms. The van der Waals surface area contributed by atoms with Crippen molar-refractivity contribution in [2.24, 2.45) is 0 Å². The van der Waals surface area contributed by atoms with Gasteiger partial charge in [-0.2, -0.15) is 5.48 Å². The molecule has 0 bridgehead atoms. The smallest absolute Gasteiger partial charge is 0.192 e. The summed E-state index contributed by atoms with van der Waals surface area (Å²) in [6, 6.07) is 5.93. The summed E-state index contributed by atoms with van der Waals surface area (Å²) < 4.78 is 5.15. The molecule has 2 rings (SSSR count). The Bertz CT molecular complexity index is 272. The van der Waals surface area contributed by atoms with Gasteiger partial charge >= 0.3 is 0 Å². The quantitative estimate of drug-likeness (QED) is 0.676. The predicted molar refractivity (Wildman–Crippen MR) is 45.3 cm³/mol. The van der Waals surface area contributed by atoms with E-state index in [2.05, 4.69) is 11.5 Å². The summed E-state index contributed by atoms with van der Waals surface area (Å²) in [6.07, 6.45) is 0.993. The van der Waals surface area contributed by atoms with Crippen molar-refractivity contribution in [1.82, 2.24) is 5.48 Å². The maximum Gasteiger partial charge on any atom is 0.192 e. The number of ether oxygens (including phenoxy) is 1. The third kappa shape index (κ3) is 1.12. The number of hydrogen-bond acceptors (Lipinski definition) is 3. The first-order valence-corrected chi connectivity index (χ1v) is 3.97. The maximum absolute atomic E-state index is 5.27. The first-order chi connectivity index (χ1) is 5.92. The van der Waals surface area contributed by atoms with E-state index in [0.29, 0.717) is 0 Å². The Kier molecular flexibility index (Phi) is 1.87. The van der Waals surface area contributed by atoms with Gasteiger partial charge in [0.2, 0.25) is 0 Å². The first kappa shape index (κ1) is 7.43. The summed E-state index contributed by atoms with van der Waals surface area (Å²) in [4.78, 5) is 5.27. The topological polar surface area (TPSA) is 30.5 Å². The minimum Gasteiger partial charge on any atom is -0.493 e. The normalized spacial score (nSPS) is 14.8. The minimum atomic E-state index is 0.791. The van der Waals surface area contributed by atoms with Crippen molar-refractivity contribution in [3.63, 3.8) is 0 Å². The zero-order valence-electron chi connectivity index (χ0n) is 6.96. The van der Waals surface area contributed by atoms with Crippen LogP contribution in [0.25, 0.3) is 0 Å². The lowest BCUT2D eigenvalue weighted by molar-refractivity contribution is 0.171. The molecule has 0 amide bonds. The van der Waals surface area contributed by atoms with E-state index in [0.717, 1.165) is 24.5 Å². The Labute approximate surface area is 71.3 Å². The molecular formula is C9H11NO2. The maximum atomic E-state index is 5.27. The second-order valence-electron chi connectivity index (χ2n) is 2.69. The summed E-state index contributed by atoms with van der Waals surface area (Å²) in [6.45, 7) is 0.861. The van der Waals surface area contributed by atoms with E-state index >= 15 is 0 Å². The Morgan fingerprint density at radius 2 is 2.42 bits per heavy atom. The highest BCUT2D eigenvalue weighted by Crippen LogP contribution is 2.31. The molecule has 0 atom stereocenters. The van der Waals surface area contributed by atoms with E-state index in [1.807, 2.05) is 12.1 Å². The molecule has 3 nitrogen and oxygen atoms in total. The molecule has 0 saturated carbocycles. The highest BCUT2D eigenvalue weighted by Gasteiger charge is 2.14. The fourth-order valence-electron chi connectivity index (χ4n) is 1.34. The number of para-hydroxylation sites is 1. The Balaban J connectivity index is 2.44. The summed E-state index contributed by atoms with van der Waals surface area (Å²) in [5, 5.41) is 0. The molecular weight excluding hydrogens is 154 g/mol. The van der Waals surface area contributed by atoms with E-state index in [1.165, 1.54) is 5.56 Å². The molecule has 64 valence electrons. The second-order valence-corrected chi connectivity index (χ2v) is 2.69. The number of fused-ring (bicyclic) bond motifs is 1. The van der Waals surface area contributed by atoms with Crippen molar-refractivity contribution in [3.05, 3.63) is 23.8 Å². The molecule has 0 unspecified atom stereocenters. The average molecular weight is 165 g/mol. The van der Waals surface area contributed by atoms with Crippen LogP contribution in [0.15, 0.2) is 18.2 Å². The lowest BCUT2D eigenvalue weighted by Gasteiger charge is -2.19. The molecule has 0 aliphatic carbocycles. The molecule has 1 heterocycles. The number of hydrogen-bond donors (Lipinski definition) is 1. The Morgan fingerprint density at radius 1 is 1.50 bits per heavy atom. The van der Waals surface area contributed by atoms with Crippen molar-refractivity contribution in [2.75, 3.05) is 13.7 Å². The standard InChI is InChI=1S/C9H11NO2/c1-11-8-4-2-3-7-5-6-10-12-9(7)8/h2-4,10H,5-6H2,1H3. The van der Waals surface area contributed by atoms with Gasteiger partial charge in [-0.05, 0) is 12.5 Å². The fourth-order valence-corrected chi connectivity index (χ4v) is 1.34. The lowest BCUT2D eigenvalue weighted by atomic mass is 10.1. The van der Waals surface area contributed by atoms with Crippen molar-refractivity contribution >= 4 is 0 Å². The molecule has 0 aromatic heterocycles. The number of rotatable bonds is 1. The van der Waals surface area contributed by atoms with Crippen LogP contribution in [0.4, 0.5) is 0 Å². The Hall–Kier alpha value is -1.22. The van der Waals surface area contributed by atoms with E-state index < -0.39 is 0 Å². The molecule has 1 aromatic carbocycles. The largest absolute Gasteiger partial charge is 0.493 e. The molecule has 1 aliphatic rings. The monoisotopic (exact) mass is 165 g/mol. The van der Waals surface area contributed by atoms with Gasteiger partial charge in [-0.1, -0.05) is 12.1 Å². The van der Waals surface area contributed by atoms with Gasteiger partial charge in [0.05, 0.1) is 7.11 Å². The third-order valence-electron chi connectivity index (χ3n) is 1.95. The fraction of sp³-hybridized carbons (Fsp3) is 0.333. The van der Waals surface area contributed by atoms with Gasteiger partial charge in [-0.15, -0.1) is 0 Å². The molecule has 0 radical (unpaired) electrons. The van der Waals surface area contributed by atoms with Crippen LogP contribution < -0.4 is 15.1 Å². The van der Waals surface area contributed by atoms with Gasteiger partial charge in [0, 0.05) is 12.1 Å². The summed E-state index contributed by atoms with van der Waals surface area (Å²) in [5.74, 6) is 1.62. The SMILES string of the molecule is COc1cccc2c1ONCC2. The summed E-state index contributed by atoms with van der Waals surface area (Å²) >= 11 is 0. The van der Waals surface area contributed by atoms with Crippen LogP contribution >= 0.6 is 0 Å². The van der Waals surface area contributed by atoms with E-state index in [4.69, 9.17) is 9.57 Å². The molecule has 1 aliphatic heterocycles. The van der Waals surface area contributed by atoms with Crippen LogP contribution in [0.3, 0.4) is 0 Å². The van der Waals surface area contributed by atoms with E-state index in [1.54, 1.807) is 7.11 Å². The average Bonchev–Trinajstić information content (AvgIpc) is 2.17. The van der Waals surface area contributed by atoms with Gasteiger partial charge < -0.3 is 9.57 Å². The van der Waals surface area contributed by atoms with Crippen molar-refractivity contribution in [1.29, 1.82) is 0 Å². The van der Waals surface area contributed by atoms with Gasteiger partial charge in [0.15, 0.2) is 11.5 Å². The summed E-state index contributed by atoms with van der Waals surface area (Å²) in [7, 11) is 1.65. The van der Waals surface area contributed by atoms with Crippen molar-refractivity contribution < 1.29 is 9.57 Å². The summed E-state index contributed by atoms with van der Waals surface area (Å²) in [5.41, 5.74) is 4.04. The number of methoxy groups -OCH3 is 1. The number of nitrogens with one attached hydrogen (secondary N) is 1. The first-order valence-electron chi connectivity index (χ1n) is 3.97. The van der Waals surface area contributed by atoms with Gasteiger partial charge in [0.25, 0.3) is 0 Å². The highest BCUT2D eigenvalue weighted by molar-refractivity contribution is 5.47. The molecule has 1 N–H and O–H groups in total. The molecule has 0 fully saturated rings. The molecule has 12 heavy (non-hydrogen) atoms. The molecule has 1 aromatic rings. The molecule has 0 spiro atoms. The van der Waals surface area contributed by atoms with Crippen LogP contribution in [0.1, 0.15) is 5.56 Å². The van der Waals surface area contributed by atoms with E-state index in [9.17, 15) is 0 Å². The van der Waals surface area contributed by atoms with Crippen LogP contribution in [-0.2, 0) is 6.42 Å². The van der Waals surface area contributed by atoms with Crippen molar-refractivity contribution in [3.8, 4) is 11.5 Å². The van der Waals surface area contributed by atoms with Crippen molar-refractivity contribution in [2.45, 2.75) is 6.42 Å². The van der Waals surface area contributed by atoms with Crippen LogP contribution in [0.2, 0.25) is 0 Å². The highest BCUT2D eigenvalue weighted by atomic mass is 16.7. The van der Waals surface area contributed by atoms with Crippen LogP contribution in [-0.4, -0.2) is 13.7 Å². The van der Waals surface area contributed by atoms with Gasteiger partial charge in [0.1, 0.15) is 0 Å². The lowest BCUT2D eigenvalue weighted by Crippen LogP contribution is -2.26. The number of hydroxylamine groups is 1. The zero-order valence-corrected chi connectivity index (χ0v) is 6.96. The Morgan fingerprint density at radius 3 is 3.25 bits per heavy atom. The third-order valence-corrected chi connectivity index (χ3v) is 1.95.